The van der Waals surface area contributed by atoms with E-state index in [0.29, 0.717) is 12.3 Å². The molecule has 1 aromatic heterocycles. The Bertz CT molecular complexity index is 401. The van der Waals surface area contributed by atoms with Crippen molar-refractivity contribution < 1.29 is 4.74 Å². The fraction of sp³-hybridized carbons (Fsp3) is 0.667. The maximum atomic E-state index is 8.90. The maximum absolute atomic E-state index is 8.90. The molecule has 0 radical (unpaired) electrons. The first-order valence-corrected chi connectivity index (χ1v) is 9.71. The smallest absolute Gasteiger partial charge is 0.139 e. The van der Waals surface area contributed by atoms with E-state index in [1.165, 1.54) is 0 Å². The van der Waals surface area contributed by atoms with Gasteiger partial charge in [-0.3, -0.25) is 0 Å². The van der Waals surface area contributed by atoms with Crippen molar-refractivity contribution in [3.63, 3.8) is 0 Å². The lowest BCUT2D eigenvalue weighted by Gasteiger charge is -2.15. The van der Waals surface area contributed by atoms with Crippen molar-refractivity contribution in [3.8, 4) is 6.07 Å². The van der Waals surface area contributed by atoms with Crippen LogP contribution in [-0.4, -0.2) is 24.5 Å². The quantitative estimate of drug-likeness (QED) is 0.577. The molecule has 0 atom stereocenters. The van der Waals surface area contributed by atoms with E-state index in [0.717, 1.165) is 24.8 Å². The molecule has 0 aliphatic rings. The van der Waals surface area contributed by atoms with Gasteiger partial charge in [-0.25, -0.2) is 4.68 Å². The summed E-state index contributed by atoms with van der Waals surface area (Å²) in [6, 6.07) is 3.30. The van der Waals surface area contributed by atoms with Gasteiger partial charge < -0.3 is 4.74 Å². The van der Waals surface area contributed by atoms with Gasteiger partial charge in [0.1, 0.15) is 12.8 Å². The van der Waals surface area contributed by atoms with Gasteiger partial charge in [-0.05, 0) is 12.5 Å². The molecule has 1 rings (SSSR count). The molecule has 0 aliphatic heterocycles. The van der Waals surface area contributed by atoms with Crippen LogP contribution < -0.4 is 0 Å². The SMILES string of the molecule is CCc1nn(COCC[Si](C)(C)C)cc1C#N. The predicted octanol–water partition coefficient (Wildman–Crippen LogP) is 2.63. The minimum absolute atomic E-state index is 0.444. The summed E-state index contributed by atoms with van der Waals surface area (Å²) in [5, 5.41) is 13.2. The molecule has 94 valence electrons. The highest BCUT2D eigenvalue weighted by atomic mass is 28.3. The largest absolute Gasteiger partial charge is 0.360 e. The van der Waals surface area contributed by atoms with Crippen LogP contribution in [0, 0.1) is 11.3 Å². The number of nitriles is 1. The molecule has 1 aromatic rings. The molecular formula is C12H21N3OSi. The fourth-order valence-corrected chi connectivity index (χ4v) is 2.18. The second kappa shape index (κ2) is 5.99. The second-order valence-electron chi connectivity index (χ2n) is 5.34. The van der Waals surface area contributed by atoms with Crippen LogP contribution in [0.4, 0.5) is 0 Å². The highest BCUT2D eigenvalue weighted by molar-refractivity contribution is 6.76. The molecule has 0 unspecified atom stereocenters. The third-order valence-corrected chi connectivity index (χ3v) is 4.22. The molecule has 1 heterocycles. The van der Waals surface area contributed by atoms with Gasteiger partial charge in [0.25, 0.3) is 0 Å². The summed E-state index contributed by atoms with van der Waals surface area (Å²) in [6.07, 6.45) is 2.54. The Morgan fingerprint density at radius 1 is 1.47 bits per heavy atom. The van der Waals surface area contributed by atoms with Crippen LogP contribution in [-0.2, 0) is 17.9 Å². The highest BCUT2D eigenvalue weighted by Crippen LogP contribution is 2.09. The summed E-state index contributed by atoms with van der Waals surface area (Å²) >= 11 is 0. The molecule has 0 amide bonds. The van der Waals surface area contributed by atoms with Gasteiger partial charge in [0.05, 0.1) is 11.3 Å². The molecule has 17 heavy (non-hydrogen) atoms. The van der Waals surface area contributed by atoms with Crippen LogP contribution in [0.1, 0.15) is 18.2 Å². The minimum Gasteiger partial charge on any atom is -0.360 e. The van der Waals surface area contributed by atoms with Gasteiger partial charge in [0.15, 0.2) is 0 Å². The molecule has 0 saturated carbocycles. The van der Waals surface area contributed by atoms with Crippen molar-refractivity contribution in [1.29, 1.82) is 5.26 Å². The van der Waals surface area contributed by atoms with Gasteiger partial charge in [0, 0.05) is 20.9 Å². The van der Waals surface area contributed by atoms with E-state index < -0.39 is 8.07 Å². The summed E-state index contributed by atoms with van der Waals surface area (Å²) in [4.78, 5) is 0. The molecule has 5 heteroatoms. The van der Waals surface area contributed by atoms with Gasteiger partial charge in [0.2, 0.25) is 0 Å². The Balaban J connectivity index is 2.43. The molecule has 0 spiro atoms. The van der Waals surface area contributed by atoms with Gasteiger partial charge in [-0.15, -0.1) is 0 Å². The molecule has 0 aliphatic carbocycles. The molecule has 0 saturated heterocycles. The Labute approximate surface area is 104 Å². The van der Waals surface area contributed by atoms with Crippen LogP contribution >= 0.6 is 0 Å². The first-order chi connectivity index (χ1) is 7.96. The van der Waals surface area contributed by atoms with Crippen molar-refractivity contribution in [2.75, 3.05) is 6.61 Å². The number of aryl methyl sites for hydroxylation is 1. The van der Waals surface area contributed by atoms with E-state index in [2.05, 4.69) is 30.8 Å². The standard InChI is InChI=1S/C12H21N3OSi/c1-5-12-11(8-13)9-15(14-12)10-16-6-7-17(2,3)4/h9H,5-7,10H2,1-4H3. The topological polar surface area (TPSA) is 50.8 Å². The lowest BCUT2D eigenvalue weighted by atomic mass is 10.2. The summed E-state index contributed by atoms with van der Waals surface area (Å²) in [5.74, 6) is 0. The van der Waals surface area contributed by atoms with Gasteiger partial charge in [-0.2, -0.15) is 10.4 Å². The lowest BCUT2D eigenvalue weighted by molar-refractivity contribution is 0.0783. The third kappa shape index (κ3) is 4.71. The number of ether oxygens (including phenoxy) is 1. The van der Waals surface area contributed by atoms with Crippen LogP contribution in [0.15, 0.2) is 6.20 Å². The minimum atomic E-state index is -1.02. The Hall–Kier alpha value is -1.12. The monoisotopic (exact) mass is 251 g/mol. The first-order valence-electron chi connectivity index (χ1n) is 6.00. The summed E-state index contributed by atoms with van der Waals surface area (Å²) in [7, 11) is -1.02. The molecular weight excluding hydrogens is 230 g/mol. The average Bonchev–Trinajstić information content (AvgIpc) is 2.65. The van der Waals surface area contributed by atoms with Crippen LogP contribution in [0.2, 0.25) is 25.7 Å². The first kappa shape index (κ1) is 13.9. The third-order valence-electron chi connectivity index (χ3n) is 2.51. The van der Waals surface area contributed by atoms with E-state index >= 15 is 0 Å². The van der Waals surface area contributed by atoms with Crippen molar-refractivity contribution >= 4 is 8.07 Å². The van der Waals surface area contributed by atoms with E-state index in [4.69, 9.17) is 10.00 Å². The van der Waals surface area contributed by atoms with E-state index in [9.17, 15) is 0 Å². The maximum Gasteiger partial charge on any atom is 0.139 e. The summed E-state index contributed by atoms with van der Waals surface area (Å²) < 4.78 is 7.29. The average molecular weight is 251 g/mol. The normalized spacial score (nSPS) is 11.5. The van der Waals surface area contributed by atoms with E-state index in [1.54, 1.807) is 10.9 Å². The molecule has 0 bridgehead atoms. The Kier molecular flexibility index (Phi) is 4.91. The number of hydrogen-bond acceptors (Lipinski definition) is 3. The van der Waals surface area contributed by atoms with Crippen molar-refractivity contribution in [1.82, 2.24) is 9.78 Å². The number of rotatable bonds is 6. The summed E-state index contributed by atoms with van der Waals surface area (Å²) in [5.41, 5.74) is 1.50. The molecule has 0 aromatic carbocycles. The van der Waals surface area contributed by atoms with Crippen LogP contribution in [0.5, 0.6) is 0 Å². The number of nitrogens with zero attached hydrogens (tertiary/aromatic N) is 3. The van der Waals surface area contributed by atoms with E-state index in [-0.39, 0.29) is 0 Å². The van der Waals surface area contributed by atoms with Crippen molar-refractivity contribution in [3.05, 3.63) is 17.5 Å². The van der Waals surface area contributed by atoms with E-state index in [1.807, 2.05) is 6.92 Å². The molecule has 4 nitrogen and oxygen atoms in total. The van der Waals surface area contributed by atoms with Gasteiger partial charge >= 0.3 is 0 Å². The van der Waals surface area contributed by atoms with Crippen LogP contribution in [0.3, 0.4) is 0 Å². The Morgan fingerprint density at radius 3 is 2.65 bits per heavy atom. The highest BCUT2D eigenvalue weighted by Gasteiger charge is 2.12. The Morgan fingerprint density at radius 2 is 2.18 bits per heavy atom. The number of aromatic nitrogens is 2. The van der Waals surface area contributed by atoms with Crippen molar-refractivity contribution in [2.45, 2.75) is 45.8 Å². The zero-order chi connectivity index (χ0) is 12.9. The predicted molar refractivity (Wildman–Crippen MR) is 70.4 cm³/mol. The zero-order valence-corrected chi connectivity index (χ0v) is 12.2. The second-order valence-corrected chi connectivity index (χ2v) is 11.0. The zero-order valence-electron chi connectivity index (χ0n) is 11.2. The van der Waals surface area contributed by atoms with Crippen molar-refractivity contribution in [2.24, 2.45) is 0 Å². The fourth-order valence-electron chi connectivity index (χ4n) is 1.42. The van der Waals surface area contributed by atoms with Crippen LogP contribution in [0.25, 0.3) is 0 Å². The molecule has 0 N–H and O–H groups in total. The summed E-state index contributed by atoms with van der Waals surface area (Å²) in [6.45, 7) is 10.2. The number of hydrogen-bond donors (Lipinski definition) is 0. The molecule has 0 fully saturated rings. The lowest BCUT2D eigenvalue weighted by Crippen LogP contribution is -2.22. The van der Waals surface area contributed by atoms with Gasteiger partial charge in [-0.1, -0.05) is 26.6 Å².